The maximum atomic E-state index is 12.0. The summed E-state index contributed by atoms with van der Waals surface area (Å²) < 4.78 is 45.6. The summed E-state index contributed by atoms with van der Waals surface area (Å²) in [6.45, 7) is 0. The van der Waals surface area contributed by atoms with Gasteiger partial charge in [0.2, 0.25) is 0 Å². The molecule has 0 atom stereocenters. The number of anilines is 1. The van der Waals surface area contributed by atoms with Crippen LogP contribution in [0.2, 0.25) is 0 Å². The standard InChI is InChI=1S/C9H12N2O5S3/c1-18(13,14)9(19(2,15)16)3-5-7(6(12)4-9)17-8(10)11-5/h3-4H2,1-2H3,(H2,10,11). The monoisotopic (exact) mass is 324 g/mol. The number of nitrogen functional groups attached to an aromatic ring is 1. The van der Waals surface area contributed by atoms with Gasteiger partial charge in [-0.2, -0.15) is 0 Å². The number of thiazole rings is 1. The van der Waals surface area contributed by atoms with Gasteiger partial charge in [-0.05, 0) is 0 Å². The zero-order valence-electron chi connectivity index (χ0n) is 10.2. The van der Waals surface area contributed by atoms with E-state index in [0.717, 1.165) is 23.8 Å². The molecule has 1 aliphatic carbocycles. The fourth-order valence-electron chi connectivity index (χ4n) is 2.15. The van der Waals surface area contributed by atoms with E-state index in [2.05, 4.69) is 4.98 Å². The molecule has 19 heavy (non-hydrogen) atoms. The van der Waals surface area contributed by atoms with Gasteiger partial charge in [-0.15, -0.1) is 0 Å². The topological polar surface area (TPSA) is 124 Å². The number of hydrogen-bond donors (Lipinski definition) is 1. The highest BCUT2D eigenvalue weighted by molar-refractivity contribution is 8.09. The van der Waals surface area contributed by atoms with E-state index >= 15 is 0 Å². The van der Waals surface area contributed by atoms with Gasteiger partial charge in [0.25, 0.3) is 0 Å². The molecule has 1 aromatic rings. The van der Waals surface area contributed by atoms with Crippen LogP contribution in [-0.2, 0) is 26.1 Å². The maximum absolute atomic E-state index is 12.0. The zero-order valence-corrected chi connectivity index (χ0v) is 12.7. The molecule has 0 bridgehead atoms. The molecule has 0 aromatic carbocycles. The second kappa shape index (κ2) is 4.00. The van der Waals surface area contributed by atoms with Gasteiger partial charge >= 0.3 is 0 Å². The fourth-order valence-corrected chi connectivity index (χ4v) is 6.72. The summed E-state index contributed by atoms with van der Waals surface area (Å²) >= 11 is 0.948. The lowest BCUT2D eigenvalue weighted by Crippen LogP contribution is -2.51. The average molecular weight is 324 g/mol. The minimum atomic E-state index is -4.00. The highest BCUT2D eigenvalue weighted by Gasteiger charge is 2.55. The van der Waals surface area contributed by atoms with Crippen molar-refractivity contribution in [2.24, 2.45) is 0 Å². The number of Topliss-reactive ketones (excluding diaryl/α,β-unsaturated/α-hetero) is 1. The predicted molar refractivity (Wildman–Crippen MR) is 71.6 cm³/mol. The Balaban J connectivity index is 2.74. The molecule has 1 heterocycles. The molecular formula is C9H12N2O5S3. The highest BCUT2D eigenvalue weighted by atomic mass is 32.3. The number of ketones is 1. The van der Waals surface area contributed by atoms with E-state index in [9.17, 15) is 21.6 Å². The molecule has 0 aliphatic heterocycles. The minimum Gasteiger partial charge on any atom is -0.375 e. The highest BCUT2D eigenvalue weighted by Crippen LogP contribution is 2.40. The number of nitrogens with zero attached hydrogens (tertiary/aromatic N) is 1. The zero-order chi connectivity index (χ0) is 14.6. The molecule has 0 saturated carbocycles. The Labute approximate surface area is 114 Å². The molecule has 0 amide bonds. The Kier molecular flexibility index (Phi) is 3.03. The van der Waals surface area contributed by atoms with Crippen LogP contribution in [0.5, 0.6) is 0 Å². The molecule has 0 saturated heterocycles. The summed E-state index contributed by atoms with van der Waals surface area (Å²) in [5.41, 5.74) is 5.63. The van der Waals surface area contributed by atoms with E-state index < -0.39 is 36.0 Å². The Morgan fingerprint density at radius 1 is 1.16 bits per heavy atom. The maximum Gasteiger partial charge on any atom is 0.185 e. The second-order valence-corrected chi connectivity index (χ2v) is 10.5. The van der Waals surface area contributed by atoms with Crippen molar-refractivity contribution in [2.75, 3.05) is 18.2 Å². The third-order valence-electron chi connectivity index (χ3n) is 3.19. The van der Waals surface area contributed by atoms with Crippen molar-refractivity contribution in [1.82, 2.24) is 4.98 Å². The molecule has 0 unspecified atom stereocenters. The van der Waals surface area contributed by atoms with Gasteiger partial charge in [0.1, 0.15) is 0 Å². The third kappa shape index (κ3) is 2.07. The molecular weight excluding hydrogens is 312 g/mol. The van der Waals surface area contributed by atoms with Crippen molar-refractivity contribution in [1.29, 1.82) is 0 Å². The normalized spacial score (nSPS) is 19.2. The van der Waals surface area contributed by atoms with E-state index in [-0.39, 0.29) is 22.1 Å². The van der Waals surface area contributed by atoms with Crippen molar-refractivity contribution in [3.63, 3.8) is 0 Å². The smallest absolute Gasteiger partial charge is 0.185 e. The Morgan fingerprint density at radius 3 is 2.16 bits per heavy atom. The first kappa shape index (κ1) is 14.4. The van der Waals surface area contributed by atoms with Crippen LogP contribution < -0.4 is 5.73 Å². The van der Waals surface area contributed by atoms with Crippen molar-refractivity contribution >= 4 is 41.9 Å². The first-order valence-electron chi connectivity index (χ1n) is 5.15. The van der Waals surface area contributed by atoms with Gasteiger partial charge in [0.15, 0.2) is 34.7 Å². The van der Waals surface area contributed by atoms with Crippen molar-refractivity contribution in [2.45, 2.75) is 16.9 Å². The van der Waals surface area contributed by atoms with Crippen LogP contribution >= 0.6 is 11.3 Å². The molecule has 0 radical (unpaired) electrons. The van der Waals surface area contributed by atoms with Crippen LogP contribution in [0.25, 0.3) is 0 Å². The van der Waals surface area contributed by atoms with E-state index in [4.69, 9.17) is 5.73 Å². The number of aromatic nitrogens is 1. The molecule has 0 fully saturated rings. The van der Waals surface area contributed by atoms with E-state index in [1.807, 2.05) is 0 Å². The number of carbonyl (C=O) groups is 1. The summed E-state index contributed by atoms with van der Waals surface area (Å²) in [5, 5.41) is 0.121. The van der Waals surface area contributed by atoms with Gasteiger partial charge in [-0.1, -0.05) is 11.3 Å². The number of sulfone groups is 2. The summed E-state index contributed by atoms with van der Waals surface area (Å²) in [6.07, 6.45) is 0.725. The van der Waals surface area contributed by atoms with Gasteiger partial charge in [-0.3, -0.25) is 4.79 Å². The molecule has 0 spiro atoms. The average Bonchev–Trinajstić information content (AvgIpc) is 2.55. The minimum absolute atomic E-state index is 0.121. The van der Waals surface area contributed by atoms with Crippen LogP contribution in [0.15, 0.2) is 0 Å². The van der Waals surface area contributed by atoms with Gasteiger partial charge < -0.3 is 5.73 Å². The van der Waals surface area contributed by atoms with Crippen molar-refractivity contribution in [3.05, 3.63) is 10.6 Å². The van der Waals surface area contributed by atoms with E-state index in [1.165, 1.54) is 0 Å². The quantitative estimate of drug-likeness (QED) is 0.787. The van der Waals surface area contributed by atoms with Crippen LogP contribution in [0.4, 0.5) is 5.13 Å². The number of nitrogens with two attached hydrogens (primary N) is 1. The van der Waals surface area contributed by atoms with Gasteiger partial charge in [0, 0.05) is 25.4 Å². The molecule has 2 rings (SSSR count). The molecule has 2 N–H and O–H groups in total. The van der Waals surface area contributed by atoms with E-state index in [0.29, 0.717) is 0 Å². The molecule has 106 valence electrons. The first-order chi connectivity index (χ1) is 8.48. The largest absolute Gasteiger partial charge is 0.375 e. The van der Waals surface area contributed by atoms with Crippen LogP contribution in [0, 0.1) is 0 Å². The summed E-state index contributed by atoms with van der Waals surface area (Å²) in [4.78, 5) is 16.1. The van der Waals surface area contributed by atoms with Crippen LogP contribution in [-0.4, -0.2) is 44.2 Å². The Hall–Kier alpha value is -1.00. The number of fused-ring (bicyclic) bond motifs is 1. The van der Waals surface area contributed by atoms with Crippen LogP contribution in [0.3, 0.4) is 0 Å². The molecule has 7 nitrogen and oxygen atoms in total. The molecule has 10 heteroatoms. The SMILES string of the molecule is CS(=O)(=O)C1(S(C)(=O)=O)CC(=O)c2sc(N)nc2C1. The third-order valence-corrected chi connectivity index (χ3v) is 9.25. The van der Waals surface area contributed by atoms with Gasteiger partial charge in [0.05, 0.1) is 10.6 Å². The summed E-state index contributed by atoms with van der Waals surface area (Å²) in [7, 11) is -7.99. The predicted octanol–water partition coefficient (Wildman–Crippen LogP) is -0.360. The van der Waals surface area contributed by atoms with Crippen LogP contribution in [0.1, 0.15) is 21.8 Å². The Morgan fingerprint density at radius 2 is 1.68 bits per heavy atom. The Bertz CT molecular complexity index is 728. The number of carbonyl (C=O) groups excluding carboxylic acids is 1. The lowest BCUT2D eigenvalue weighted by molar-refractivity contribution is 0.0971. The van der Waals surface area contributed by atoms with E-state index in [1.54, 1.807) is 0 Å². The number of rotatable bonds is 2. The first-order valence-corrected chi connectivity index (χ1v) is 9.75. The van der Waals surface area contributed by atoms with Crippen molar-refractivity contribution in [3.8, 4) is 0 Å². The fraction of sp³-hybridized carbons (Fsp3) is 0.556. The van der Waals surface area contributed by atoms with Gasteiger partial charge in [-0.25, -0.2) is 21.8 Å². The molecule has 1 aromatic heterocycles. The lowest BCUT2D eigenvalue weighted by Gasteiger charge is -2.31. The summed E-state index contributed by atoms with van der Waals surface area (Å²) in [5.74, 6) is -0.550. The van der Waals surface area contributed by atoms with Crippen molar-refractivity contribution < 1.29 is 21.6 Å². The number of hydrogen-bond acceptors (Lipinski definition) is 8. The lowest BCUT2D eigenvalue weighted by atomic mass is 10.0. The second-order valence-electron chi connectivity index (χ2n) is 4.56. The molecule has 1 aliphatic rings. The summed E-state index contributed by atoms with van der Waals surface area (Å²) in [6, 6.07) is 0.